The predicted octanol–water partition coefficient (Wildman–Crippen LogP) is 1.64. The van der Waals surface area contributed by atoms with Crippen LogP contribution in [0.25, 0.3) is 0 Å². The lowest BCUT2D eigenvalue weighted by atomic mass is 10.1. The first kappa shape index (κ1) is 16.2. The average Bonchev–Trinajstić information content (AvgIpc) is 2.36. The summed E-state index contributed by atoms with van der Waals surface area (Å²) < 4.78 is 5.10. The Morgan fingerprint density at radius 3 is 2.25 bits per heavy atom. The Kier molecular flexibility index (Phi) is 5.27. The lowest BCUT2D eigenvalue weighted by Gasteiger charge is -2.23. The van der Waals surface area contributed by atoms with Crippen molar-refractivity contribution in [1.82, 2.24) is 5.32 Å². The molecule has 0 bridgehead atoms. The zero-order chi connectivity index (χ0) is 15.3. The van der Waals surface area contributed by atoms with Crippen LogP contribution in [0.15, 0.2) is 24.3 Å². The predicted molar refractivity (Wildman–Crippen MR) is 75.1 cm³/mol. The number of benzene rings is 1. The van der Waals surface area contributed by atoms with E-state index >= 15 is 0 Å². The summed E-state index contributed by atoms with van der Waals surface area (Å²) in [7, 11) is 0. The maximum atomic E-state index is 11.9. The number of esters is 1. The van der Waals surface area contributed by atoms with Crippen molar-refractivity contribution in [1.29, 1.82) is 0 Å². The van der Waals surface area contributed by atoms with Gasteiger partial charge in [0.15, 0.2) is 6.10 Å². The van der Waals surface area contributed by atoms with Gasteiger partial charge in [-0.3, -0.25) is 4.79 Å². The summed E-state index contributed by atoms with van der Waals surface area (Å²) in [6.07, 6.45) is -0.862. The van der Waals surface area contributed by atoms with E-state index in [2.05, 4.69) is 5.32 Å². The number of hydrogen-bond acceptors (Lipinski definition) is 4. The molecule has 1 atom stereocenters. The van der Waals surface area contributed by atoms with Gasteiger partial charge >= 0.3 is 5.97 Å². The number of rotatable bonds is 4. The molecule has 2 N–H and O–H groups in total. The van der Waals surface area contributed by atoms with Crippen LogP contribution in [-0.2, 0) is 16.1 Å². The van der Waals surface area contributed by atoms with Crippen molar-refractivity contribution in [2.24, 2.45) is 0 Å². The fraction of sp³-hybridized carbons (Fsp3) is 0.467. The quantitative estimate of drug-likeness (QED) is 0.822. The minimum absolute atomic E-state index is 0.0836. The Balaban J connectivity index is 2.62. The summed E-state index contributed by atoms with van der Waals surface area (Å²) in [6.45, 7) is 7.01. The van der Waals surface area contributed by atoms with Crippen molar-refractivity contribution < 1.29 is 19.4 Å². The molecule has 0 fully saturated rings. The van der Waals surface area contributed by atoms with E-state index < -0.39 is 12.1 Å². The summed E-state index contributed by atoms with van der Waals surface area (Å²) >= 11 is 0. The molecule has 0 radical (unpaired) electrons. The molecule has 1 aromatic carbocycles. The van der Waals surface area contributed by atoms with Gasteiger partial charge < -0.3 is 15.2 Å². The van der Waals surface area contributed by atoms with Crippen LogP contribution in [0.5, 0.6) is 0 Å². The Bertz CT molecular complexity index is 474. The monoisotopic (exact) mass is 279 g/mol. The van der Waals surface area contributed by atoms with Crippen LogP contribution in [0.1, 0.15) is 43.6 Å². The third-order valence-electron chi connectivity index (χ3n) is 2.52. The molecule has 1 rings (SSSR count). The number of aliphatic hydroxyl groups is 1. The molecule has 0 aromatic heterocycles. The van der Waals surface area contributed by atoms with E-state index in [4.69, 9.17) is 9.84 Å². The molecular weight excluding hydrogens is 258 g/mol. The minimum atomic E-state index is -0.862. The summed E-state index contributed by atoms with van der Waals surface area (Å²) in [6, 6.07) is 6.39. The maximum absolute atomic E-state index is 11.9. The Labute approximate surface area is 118 Å². The number of aliphatic hydroxyl groups excluding tert-OH is 1. The summed E-state index contributed by atoms with van der Waals surface area (Å²) in [4.78, 5) is 23.7. The molecule has 1 aromatic rings. The number of carbonyl (C=O) groups excluding carboxylic acids is 2. The van der Waals surface area contributed by atoms with Gasteiger partial charge in [0.2, 0.25) is 0 Å². The van der Waals surface area contributed by atoms with Crippen molar-refractivity contribution >= 4 is 11.9 Å². The Morgan fingerprint density at radius 1 is 1.25 bits per heavy atom. The molecule has 110 valence electrons. The number of amides is 1. The standard InChI is InChI=1S/C15H21NO4/c1-10(13(18)16-15(2,3)4)20-14(19)12-7-5-11(9-17)6-8-12/h5-8,10,17H,9H2,1-4H3,(H,16,18)/t10-/m0/s1. The zero-order valence-corrected chi connectivity index (χ0v) is 12.3. The molecule has 5 nitrogen and oxygen atoms in total. The molecule has 0 aliphatic carbocycles. The Morgan fingerprint density at radius 2 is 1.80 bits per heavy atom. The van der Waals surface area contributed by atoms with Gasteiger partial charge in [-0.2, -0.15) is 0 Å². The van der Waals surface area contributed by atoms with Crippen LogP contribution in [0, 0.1) is 0 Å². The number of carbonyl (C=O) groups is 2. The number of ether oxygens (including phenoxy) is 1. The maximum Gasteiger partial charge on any atom is 0.338 e. The summed E-state index contributed by atoms with van der Waals surface area (Å²) in [5, 5.41) is 11.7. The van der Waals surface area contributed by atoms with Gasteiger partial charge in [0.1, 0.15) is 0 Å². The highest BCUT2D eigenvalue weighted by molar-refractivity contribution is 5.92. The van der Waals surface area contributed by atoms with Crippen molar-refractivity contribution in [2.45, 2.75) is 45.9 Å². The van der Waals surface area contributed by atoms with Crippen LogP contribution in [0.2, 0.25) is 0 Å². The first-order chi connectivity index (χ1) is 9.23. The van der Waals surface area contributed by atoms with E-state index in [1.165, 1.54) is 6.92 Å². The smallest absolute Gasteiger partial charge is 0.338 e. The number of nitrogens with one attached hydrogen (secondary N) is 1. The van der Waals surface area contributed by atoms with Gasteiger partial charge in [-0.1, -0.05) is 12.1 Å². The molecule has 0 aliphatic heterocycles. The highest BCUT2D eigenvalue weighted by Gasteiger charge is 2.22. The topological polar surface area (TPSA) is 75.6 Å². The van der Waals surface area contributed by atoms with Gasteiger partial charge in [0.25, 0.3) is 5.91 Å². The lowest BCUT2D eigenvalue weighted by Crippen LogP contribution is -2.46. The first-order valence-electron chi connectivity index (χ1n) is 6.46. The summed E-state index contributed by atoms with van der Waals surface area (Å²) in [5.41, 5.74) is 0.679. The Hall–Kier alpha value is -1.88. The van der Waals surface area contributed by atoms with Crippen LogP contribution < -0.4 is 5.32 Å². The average molecular weight is 279 g/mol. The van der Waals surface area contributed by atoms with Crippen molar-refractivity contribution in [3.8, 4) is 0 Å². The molecule has 0 saturated carbocycles. The molecule has 0 spiro atoms. The van der Waals surface area contributed by atoms with Gasteiger partial charge in [0, 0.05) is 5.54 Å². The second-order valence-electron chi connectivity index (χ2n) is 5.64. The van der Waals surface area contributed by atoms with E-state index in [9.17, 15) is 9.59 Å². The fourth-order valence-electron chi connectivity index (χ4n) is 1.50. The van der Waals surface area contributed by atoms with Crippen LogP contribution >= 0.6 is 0 Å². The van der Waals surface area contributed by atoms with Gasteiger partial charge in [-0.15, -0.1) is 0 Å². The molecule has 5 heteroatoms. The second kappa shape index (κ2) is 6.52. The molecule has 0 saturated heterocycles. The van der Waals surface area contributed by atoms with Gasteiger partial charge in [0.05, 0.1) is 12.2 Å². The minimum Gasteiger partial charge on any atom is -0.449 e. The van der Waals surface area contributed by atoms with E-state index in [-0.39, 0.29) is 18.1 Å². The van der Waals surface area contributed by atoms with Crippen molar-refractivity contribution in [2.75, 3.05) is 0 Å². The molecule has 1 amide bonds. The highest BCUT2D eigenvalue weighted by atomic mass is 16.5. The normalized spacial score (nSPS) is 12.7. The molecule has 0 aliphatic rings. The van der Waals surface area contributed by atoms with Gasteiger partial charge in [-0.25, -0.2) is 4.79 Å². The molecule has 20 heavy (non-hydrogen) atoms. The summed E-state index contributed by atoms with van der Waals surface area (Å²) in [5.74, 6) is -0.899. The first-order valence-corrected chi connectivity index (χ1v) is 6.46. The molecule has 0 unspecified atom stereocenters. The third kappa shape index (κ3) is 5.01. The van der Waals surface area contributed by atoms with Crippen LogP contribution in [0.3, 0.4) is 0 Å². The van der Waals surface area contributed by atoms with Gasteiger partial charge in [-0.05, 0) is 45.4 Å². The highest BCUT2D eigenvalue weighted by Crippen LogP contribution is 2.08. The molecule has 0 heterocycles. The number of hydrogen-bond donors (Lipinski definition) is 2. The van der Waals surface area contributed by atoms with Crippen molar-refractivity contribution in [3.63, 3.8) is 0 Å². The lowest BCUT2D eigenvalue weighted by molar-refractivity contribution is -0.130. The van der Waals surface area contributed by atoms with E-state index in [0.29, 0.717) is 11.1 Å². The second-order valence-corrected chi connectivity index (χ2v) is 5.64. The SMILES string of the molecule is C[C@H](OC(=O)c1ccc(CO)cc1)C(=O)NC(C)(C)C. The molecular formula is C15H21NO4. The largest absolute Gasteiger partial charge is 0.449 e. The third-order valence-corrected chi connectivity index (χ3v) is 2.52. The van der Waals surface area contributed by atoms with E-state index in [1.807, 2.05) is 20.8 Å². The van der Waals surface area contributed by atoms with E-state index in [0.717, 1.165) is 0 Å². The van der Waals surface area contributed by atoms with E-state index in [1.54, 1.807) is 24.3 Å². The van der Waals surface area contributed by atoms with Crippen LogP contribution in [-0.4, -0.2) is 28.6 Å². The zero-order valence-electron chi connectivity index (χ0n) is 12.3. The van der Waals surface area contributed by atoms with Crippen molar-refractivity contribution in [3.05, 3.63) is 35.4 Å². The fourth-order valence-corrected chi connectivity index (χ4v) is 1.50. The van der Waals surface area contributed by atoms with Crippen LogP contribution in [0.4, 0.5) is 0 Å².